The summed E-state index contributed by atoms with van der Waals surface area (Å²) in [7, 11) is 0. The van der Waals surface area contributed by atoms with Crippen LogP contribution in [0.15, 0.2) is 12.1 Å². The molecule has 0 bridgehead atoms. The third-order valence-electron chi connectivity index (χ3n) is 3.12. The second kappa shape index (κ2) is 4.53. The first-order valence-corrected chi connectivity index (χ1v) is 6.15. The molecule has 1 aromatic rings. The zero-order valence-electron chi connectivity index (χ0n) is 8.90. The van der Waals surface area contributed by atoms with Crippen LogP contribution < -0.4 is 5.32 Å². The monoisotopic (exact) mass is 241 g/mol. The molecule has 5 heteroatoms. The predicted molar refractivity (Wildman–Crippen MR) is 61.8 cm³/mol. The Morgan fingerprint density at radius 3 is 2.69 bits per heavy atom. The average molecular weight is 241 g/mol. The third-order valence-corrected chi connectivity index (χ3v) is 4.20. The molecule has 3 N–H and O–H groups in total. The van der Waals surface area contributed by atoms with Crippen LogP contribution in [0.3, 0.4) is 0 Å². The molecule has 1 aliphatic rings. The summed E-state index contributed by atoms with van der Waals surface area (Å²) in [4.78, 5) is 12.1. The highest BCUT2D eigenvalue weighted by atomic mass is 32.1. The fourth-order valence-corrected chi connectivity index (χ4v) is 2.64. The van der Waals surface area contributed by atoms with Crippen LogP contribution in [0.4, 0.5) is 0 Å². The number of nitrogens with one attached hydrogen (secondary N) is 1. The Bertz CT molecular complexity index is 379. The van der Waals surface area contributed by atoms with E-state index in [0.29, 0.717) is 11.4 Å². The highest BCUT2D eigenvalue weighted by molar-refractivity contribution is 7.13. The molecule has 0 unspecified atom stereocenters. The fraction of sp³-hybridized carbons (Fsp3) is 0.545. The van der Waals surface area contributed by atoms with Crippen molar-refractivity contribution in [3.8, 4) is 0 Å². The Morgan fingerprint density at radius 1 is 1.50 bits per heavy atom. The van der Waals surface area contributed by atoms with Gasteiger partial charge >= 0.3 is 5.97 Å². The lowest BCUT2D eigenvalue weighted by atomic mass is 9.77. The maximum Gasteiger partial charge on any atom is 0.345 e. The Kier molecular flexibility index (Phi) is 3.28. The molecule has 4 nitrogen and oxygen atoms in total. The van der Waals surface area contributed by atoms with Gasteiger partial charge in [-0.2, -0.15) is 0 Å². The number of aliphatic hydroxyl groups is 1. The minimum atomic E-state index is -0.878. The molecule has 0 atom stereocenters. The molecule has 1 aromatic heterocycles. The molecule has 0 amide bonds. The van der Waals surface area contributed by atoms with Crippen LogP contribution in [0.25, 0.3) is 0 Å². The molecule has 0 spiro atoms. The number of hydrogen-bond donors (Lipinski definition) is 3. The van der Waals surface area contributed by atoms with E-state index < -0.39 is 5.97 Å². The van der Waals surface area contributed by atoms with Crippen LogP contribution in [-0.4, -0.2) is 28.3 Å². The zero-order chi connectivity index (χ0) is 11.6. The van der Waals surface area contributed by atoms with Crippen LogP contribution in [0.1, 0.15) is 33.8 Å². The van der Waals surface area contributed by atoms with E-state index in [-0.39, 0.29) is 12.1 Å². The van der Waals surface area contributed by atoms with Crippen LogP contribution in [0, 0.1) is 0 Å². The van der Waals surface area contributed by atoms with Gasteiger partial charge in [0, 0.05) is 17.0 Å². The molecule has 1 fully saturated rings. The molecule has 1 aliphatic carbocycles. The van der Waals surface area contributed by atoms with Gasteiger partial charge in [0.2, 0.25) is 0 Å². The van der Waals surface area contributed by atoms with Gasteiger partial charge in [-0.25, -0.2) is 4.79 Å². The molecule has 2 rings (SSSR count). The van der Waals surface area contributed by atoms with Gasteiger partial charge in [-0.1, -0.05) is 0 Å². The SMILES string of the molecule is O=C(O)c1ccc(CNC2(CO)CCC2)s1. The second-order valence-corrected chi connectivity index (χ2v) is 5.38. The van der Waals surface area contributed by atoms with Gasteiger partial charge in [0.15, 0.2) is 0 Å². The fourth-order valence-electron chi connectivity index (χ4n) is 1.86. The summed E-state index contributed by atoms with van der Waals surface area (Å²) in [5.41, 5.74) is -0.118. The van der Waals surface area contributed by atoms with Crippen molar-refractivity contribution in [2.24, 2.45) is 0 Å². The number of carboxylic acids is 1. The number of carbonyl (C=O) groups is 1. The number of thiophene rings is 1. The lowest BCUT2D eigenvalue weighted by Gasteiger charge is -2.41. The predicted octanol–water partition coefficient (Wildman–Crippen LogP) is 1.45. The van der Waals surface area contributed by atoms with E-state index in [1.807, 2.05) is 6.07 Å². The molecule has 0 aliphatic heterocycles. The van der Waals surface area contributed by atoms with Crippen molar-refractivity contribution < 1.29 is 15.0 Å². The van der Waals surface area contributed by atoms with Crippen molar-refractivity contribution >= 4 is 17.3 Å². The highest BCUT2D eigenvalue weighted by Crippen LogP contribution is 2.31. The van der Waals surface area contributed by atoms with E-state index in [9.17, 15) is 9.90 Å². The zero-order valence-corrected chi connectivity index (χ0v) is 9.72. The number of aromatic carboxylic acids is 1. The molecule has 1 saturated carbocycles. The van der Waals surface area contributed by atoms with Gasteiger partial charge in [0.05, 0.1) is 6.61 Å². The smallest absolute Gasteiger partial charge is 0.345 e. The van der Waals surface area contributed by atoms with Crippen molar-refractivity contribution in [1.82, 2.24) is 5.32 Å². The summed E-state index contributed by atoms with van der Waals surface area (Å²) in [5.74, 6) is -0.878. The Labute approximate surface area is 97.9 Å². The van der Waals surface area contributed by atoms with Crippen molar-refractivity contribution in [2.45, 2.75) is 31.3 Å². The minimum Gasteiger partial charge on any atom is -0.477 e. The lowest BCUT2D eigenvalue weighted by Crippen LogP contribution is -2.53. The Balaban J connectivity index is 1.91. The van der Waals surface area contributed by atoms with Crippen molar-refractivity contribution in [3.63, 3.8) is 0 Å². The van der Waals surface area contributed by atoms with E-state index in [1.54, 1.807) is 6.07 Å². The Hall–Kier alpha value is -0.910. The van der Waals surface area contributed by atoms with Crippen LogP contribution in [0.5, 0.6) is 0 Å². The molecule has 16 heavy (non-hydrogen) atoms. The van der Waals surface area contributed by atoms with Crippen LogP contribution in [0.2, 0.25) is 0 Å². The van der Waals surface area contributed by atoms with Gasteiger partial charge in [0.1, 0.15) is 4.88 Å². The van der Waals surface area contributed by atoms with Gasteiger partial charge in [-0.3, -0.25) is 0 Å². The third kappa shape index (κ3) is 2.26. The summed E-state index contributed by atoms with van der Waals surface area (Å²) in [5, 5.41) is 21.4. The minimum absolute atomic E-state index is 0.118. The summed E-state index contributed by atoms with van der Waals surface area (Å²) < 4.78 is 0. The number of rotatable bonds is 5. The Morgan fingerprint density at radius 2 is 2.25 bits per heavy atom. The molecule has 0 aromatic carbocycles. The first-order valence-electron chi connectivity index (χ1n) is 5.33. The maximum absolute atomic E-state index is 10.7. The lowest BCUT2D eigenvalue weighted by molar-refractivity contribution is 0.0702. The summed E-state index contributed by atoms with van der Waals surface area (Å²) in [6.45, 7) is 0.794. The van der Waals surface area contributed by atoms with Gasteiger partial charge < -0.3 is 15.5 Å². The second-order valence-electron chi connectivity index (χ2n) is 4.22. The number of hydrogen-bond acceptors (Lipinski definition) is 4. The van der Waals surface area contributed by atoms with Crippen molar-refractivity contribution in [2.75, 3.05) is 6.61 Å². The largest absolute Gasteiger partial charge is 0.477 e. The normalized spacial score (nSPS) is 18.1. The van der Waals surface area contributed by atoms with Crippen molar-refractivity contribution in [1.29, 1.82) is 0 Å². The number of aliphatic hydroxyl groups excluding tert-OH is 1. The topological polar surface area (TPSA) is 69.6 Å². The van der Waals surface area contributed by atoms with Gasteiger partial charge in [-0.05, 0) is 31.4 Å². The molecule has 1 heterocycles. The van der Waals surface area contributed by atoms with E-state index in [2.05, 4.69) is 5.32 Å². The van der Waals surface area contributed by atoms with Gasteiger partial charge in [0.25, 0.3) is 0 Å². The summed E-state index contributed by atoms with van der Waals surface area (Å²) in [6.07, 6.45) is 3.15. The van der Waals surface area contributed by atoms with E-state index in [0.717, 1.165) is 24.1 Å². The van der Waals surface area contributed by atoms with Crippen LogP contribution >= 0.6 is 11.3 Å². The molecule has 88 valence electrons. The number of carboxylic acid groups (broad SMARTS) is 1. The molecule has 0 saturated heterocycles. The average Bonchev–Trinajstić information content (AvgIpc) is 2.65. The molecular weight excluding hydrogens is 226 g/mol. The first kappa shape index (κ1) is 11.6. The first-order chi connectivity index (χ1) is 7.65. The highest BCUT2D eigenvalue weighted by Gasteiger charge is 2.35. The van der Waals surface area contributed by atoms with E-state index in [1.165, 1.54) is 11.3 Å². The quantitative estimate of drug-likeness (QED) is 0.730. The van der Waals surface area contributed by atoms with E-state index >= 15 is 0 Å². The maximum atomic E-state index is 10.7. The molecular formula is C11H15NO3S. The van der Waals surface area contributed by atoms with Gasteiger partial charge in [-0.15, -0.1) is 11.3 Å². The van der Waals surface area contributed by atoms with Crippen molar-refractivity contribution in [3.05, 3.63) is 21.9 Å². The van der Waals surface area contributed by atoms with E-state index in [4.69, 9.17) is 5.11 Å². The summed E-state index contributed by atoms with van der Waals surface area (Å²) in [6, 6.07) is 3.45. The summed E-state index contributed by atoms with van der Waals surface area (Å²) >= 11 is 1.28. The standard InChI is InChI=1S/C11H15NO3S/c13-7-11(4-1-5-11)12-6-8-2-3-9(16-8)10(14)15/h2-3,12-13H,1,4-7H2,(H,14,15). The van der Waals surface area contributed by atoms with Crippen LogP contribution in [-0.2, 0) is 6.54 Å². The molecule has 0 radical (unpaired) electrons.